The van der Waals surface area contributed by atoms with Crippen LogP contribution < -0.4 is 5.32 Å². The van der Waals surface area contributed by atoms with Gasteiger partial charge in [-0.15, -0.1) is 0 Å². The maximum Gasteiger partial charge on any atom is 0.530 e. The molecule has 0 heterocycles. The van der Waals surface area contributed by atoms with E-state index in [1.165, 1.54) is 0 Å². The minimum absolute atomic E-state index is 0.147. The summed E-state index contributed by atoms with van der Waals surface area (Å²) in [7, 11) is -3.93. The van der Waals surface area contributed by atoms with Gasteiger partial charge in [-0.25, -0.2) is 9.36 Å². The lowest BCUT2D eigenvalue weighted by Gasteiger charge is -2.29. The van der Waals surface area contributed by atoms with Crippen LogP contribution in [0.2, 0.25) is 0 Å². The van der Waals surface area contributed by atoms with E-state index in [1.807, 2.05) is 118 Å². The molecule has 0 spiro atoms. The number of phosphoric acid groups is 1. The highest BCUT2D eigenvalue weighted by atomic mass is 31.2. The fourth-order valence-electron chi connectivity index (χ4n) is 4.01. The highest BCUT2D eigenvalue weighted by molar-refractivity contribution is 7.48. The van der Waals surface area contributed by atoms with Gasteiger partial charge in [0, 0.05) is 11.5 Å². The van der Waals surface area contributed by atoms with Gasteiger partial charge < -0.3 is 14.6 Å². The number of hydrogen-bond donors (Lipinski definition) is 1. The lowest BCUT2D eigenvalue weighted by Crippen LogP contribution is -2.37. The van der Waals surface area contributed by atoms with Crippen molar-refractivity contribution in [3.8, 4) is 0 Å². The molecule has 2 atom stereocenters. The van der Waals surface area contributed by atoms with Crippen LogP contribution in [0.15, 0.2) is 97.1 Å². The molecule has 0 aliphatic heterocycles. The zero-order chi connectivity index (χ0) is 28.3. The van der Waals surface area contributed by atoms with Gasteiger partial charge in [0.1, 0.15) is 11.4 Å². The lowest BCUT2D eigenvalue weighted by molar-refractivity contribution is 0.0499. The summed E-state index contributed by atoms with van der Waals surface area (Å²) in [5.41, 5.74) is 1.77. The Bertz CT molecular complexity index is 1230. The highest BCUT2D eigenvalue weighted by Gasteiger charge is 2.32. The van der Waals surface area contributed by atoms with Crippen molar-refractivity contribution in [3.05, 3.63) is 114 Å². The SMILES string of the molecule is CCOP(=O)(OCC)O/C(=C\[C@H](c1ccccc1)[C@H](NC(=O)OC(C)(C)C)c1ccccc1)c1ccccc1. The van der Waals surface area contributed by atoms with Crippen molar-refractivity contribution in [2.45, 2.75) is 52.2 Å². The van der Waals surface area contributed by atoms with Crippen molar-refractivity contribution < 1.29 is 27.7 Å². The second kappa shape index (κ2) is 14.1. The molecule has 0 aliphatic rings. The molecule has 1 N–H and O–H groups in total. The quantitative estimate of drug-likeness (QED) is 0.180. The Labute approximate surface area is 231 Å². The summed E-state index contributed by atoms with van der Waals surface area (Å²) in [6.07, 6.45) is 1.30. The topological polar surface area (TPSA) is 83.1 Å². The number of nitrogens with one attached hydrogen (secondary N) is 1. The van der Waals surface area contributed by atoms with E-state index < -0.39 is 31.5 Å². The molecule has 3 rings (SSSR count). The summed E-state index contributed by atoms with van der Waals surface area (Å²) < 4.78 is 36.1. The molecule has 0 radical (unpaired) electrons. The normalized spacial score (nSPS) is 13.8. The van der Waals surface area contributed by atoms with Crippen LogP contribution in [-0.2, 0) is 22.9 Å². The van der Waals surface area contributed by atoms with E-state index in [2.05, 4.69) is 5.32 Å². The third-order valence-corrected chi connectivity index (χ3v) is 7.12. The van der Waals surface area contributed by atoms with E-state index in [4.69, 9.17) is 18.3 Å². The second-order valence-corrected chi connectivity index (χ2v) is 11.3. The fraction of sp³-hybridized carbons (Fsp3) is 0.323. The molecule has 0 fully saturated rings. The van der Waals surface area contributed by atoms with E-state index in [0.29, 0.717) is 11.3 Å². The van der Waals surface area contributed by atoms with Crippen LogP contribution in [0.1, 0.15) is 63.3 Å². The average molecular weight is 552 g/mol. The van der Waals surface area contributed by atoms with E-state index in [9.17, 15) is 9.36 Å². The summed E-state index contributed by atoms with van der Waals surface area (Å²) >= 11 is 0. The Morgan fingerprint density at radius 3 is 1.79 bits per heavy atom. The van der Waals surface area contributed by atoms with Gasteiger partial charge in [0.05, 0.1) is 19.3 Å². The van der Waals surface area contributed by atoms with Crippen LogP contribution in [0.25, 0.3) is 5.76 Å². The molecule has 0 bridgehead atoms. The minimum Gasteiger partial charge on any atom is -0.444 e. The number of alkyl carbamates (subject to hydrolysis) is 1. The molecule has 3 aromatic rings. The molecule has 0 saturated carbocycles. The Morgan fingerprint density at radius 2 is 1.31 bits per heavy atom. The predicted molar refractivity (Wildman–Crippen MR) is 154 cm³/mol. The second-order valence-electron chi connectivity index (χ2n) is 9.74. The average Bonchev–Trinajstić information content (AvgIpc) is 2.91. The predicted octanol–water partition coefficient (Wildman–Crippen LogP) is 8.28. The van der Waals surface area contributed by atoms with Crippen molar-refractivity contribution in [1.82, 2.24) is 5.32 Å². The maximum atomic E-state index is 13.5. The minimum atomic E-state index is -3.93. The summed E-state index contributed by atoms with van der Waals surface area (Å²) in [5.74, 6) is -0.144. The number of carbonyl (C=O) groups is 1. The number of amides is 1. The van der Waals surface area contributed by atoms with Gasteiger partial charge in [-0.2, -0.15) is 0 Å². The molecule has 39 heavy (non-hydrogen) atoms. The van der Waals surface area contributed by atoms with E-state index in [0.717, 1.165) is 11.1 Å². The third-order valence-electron chi connectivity index (χ3n) is 5.55. The Kier molecular flexibility index (Phi) is 10.9. The summed E-state index contributed by atoms with van der Waals surface area (Å²) in [6.45, 7) is 9.20. The van der Waals surface area contributed by atoms with Gasteiger partial charge in [-0.1, -0.05) is 91.0 Å². The van der Waals surface area contributed by atoms with Crippen LogP contribution in [0, 0.1) is 0 Å². The first-order valence-electron chi connectivity index (χ1n) is 13.1. The monoisotopic (exact) mass is 551 g/mol. The zero-order valence-corrected chi connectivity index (χ0v) is 24.1. The van der Waals surface area contributed by atoms with Crippen LogP contribution in [0.5, 0.6) is 0 Å². The molecule has 0 saturated heterocycles. The zero-order valence-electron chi connectivity index (χ0n) is 23.2. The van der Waals surface area contributed by atoms with Crippen molar-refractivity contribution in [3.63, 3.8) is 0 Å². The molecule has 0 aliphatic carbocycles. The van der Waals surface area contributed by atoms with Gasteiger partial charge in [0.2, 0.25) is 0 Å². The molecule has 208 valence electrons. The number of ether oxygens (including phenoxy) is 1. The van der Waals surface area contributed by atoms with Crippen molar-refractivity contribution in [2.75, 3.05) is 13.2 Å². The van der Waals surface area contributed by atoms with Gasteiger partial charge in [0.25, 0.3) is 0 Å². The van der Waals surface area contributed by atoms with Crippen molar-refractivity contribution >= 4 is 19.7 Å². The van der Waals surface area contributed by atoms with Crippen LogP contribution in [-0.4, -0.2) is 24.9 Å². The summed E-state index contributed by atoms with van der Waals surface area (Å²) in [5, 5.41) is 3.07. The number of benzene rings is 3. The molecule has 0 aromatic heterocycles. The van der Waals surface area contributed by atoms with Gasteiger partial charge >= 0.3 is 13.9 Å². The van der Waals surface area contributed by atoms with Gasteiger partial charge in [0.15, 0.2) is 0 Å². The van der Waals surface area contributed by atoms with E-state index in [-0.39, 0.29) is 13.2 Å². The molecular formula is C31H38NO6P. The molecular weight excluding hydrogens is 513 g/mol. The van der Waals surface area contributed by atoms with Crippen LogP contribution >= 0.6 is 7.82 Å². The summed E-state index contributed by atoms with van der Waals surface area (Å²) in [6, 6.07) is 28.1. The van der Waals surface area contributed by atoms with Crippen LogP contribution in [0.3, 0.4) is 0 Å². The van der Waals surface area contributed by atoms with Gasteiger partial charge in [-0.05, 0) is 51.8 Å². The Morgan fingerprint density at radius 1 is 0.821 bits per heavy atom. The van der Waals surface area contributed by atoms with Crippen LogP contribution in [0.4, 0.5) is 4.79 Å². The Balaban J connectivity index is 2.19. The lowest BCUT2D eigenvalue weighted by atomic mass is 9.86. The van der Waals surface area contributed by atoms with Gasteiger partial charge in [-0.3, -0.25) is 9.05 Å². The molecule has 8 heteroatoms. The summed E-state index contributed by atoms with van der Waals surface area (Å²) in [4.78, 5) is 13.1. The first-order chi connectivity index (χ1) is 18.6. The molecule has 7 nitrogen and oxygen atoms in total. The smallest absolute Gasteiger partial charge is 0.444 e. The number of carbonyl (C=O) groups excluding carboxylic acids is 1. The fourth-order valence-corrected chi connectivity index (χ4v) is 5.23. The number of rotatable bonds is 12. The number of phosphoric ester groups is 1. The number of hydrogen-bond acceptors (Lipinski definition) is 6. The first-order valence-corrected chi connectivity index (χ1v) is 14.6. The standard InChI is InChI=1S/C31H38NO6P/c1-6-35-39(34,36-7-2)38-28(25-19-13-9-14-20-25)23-27(24-17-11-8-12-18-24)29(26-21-15-10-16-22-26)32-30(33)37-31(3,4)5/h8-23,27,29H,6-7H2,1-5H3,(H,32,33)/b28-23-/t27-,29-/m1/s1. The van der Waals surface area contributed by atoms with Crippen molar-refractivity contribution in [1.29, 1.82) is 0 Å². The molecule has 3 aromatic carbocycles. The molecule has 0 unspecified atom stereocenters. The Hall–Kier alpha value is -3.38. The maximum absolute atomic E-state index is 13.5. The third kappa shape index (κ3) is 9.39. The highest BCUT2D eigenvalue weighted by Crippen LogP contribution is 2.53. The first kappa shape index (κ1) is 30.2. The van der Waals surface area contributed by atoms with Crippen molar-refractivity contribution in [2.24, 2.45) is 0 Å². The molecule has 1 amide bonds. The van der Waals surface area contributed by atoms with E-state index in [1.54, 1.807) is 13.8 Å². The largest absolute Gasteiger partial charge is 0.530 e. The van der Waals surface area contributed by atoms with E-state index >= 15 is 0 Å².